The Morgan fingerprint density at radius 3 is 2.45 bits per heavy atom. The molecule has 2 aliphatic rings. The fourth-order valence-electron chi connectivity index (χ4n) is 4.58. The summed E-state index contributed by atoms with van der Waals surface area (Å²) in [7, 11) is 0. The third-order valence-electron chi connectivity index (χ3n) is 7.75. The van der Waals surface area contributed by atoms with Gasteiger partial charge in [-0.1, -0.05) is 38.6 Å². The van der Waals surface area contributed by atoms with Crippen LogP contribution in [0.3, 0.4) is 0 Å². The summed E-state index contributed by atoms with van der Waals surface area (Å²) < 4.78 is 12.0. The third kappa shape index (κ3) is 7.36. The first-order chi connectivity index (χ1) is 18.6. The van der Waals surface area contributed by atoms with Crippen LogP contribution in [-0.2, 0) is 17.8 Å². The van der Waals surface area contributed by atoms with Crippen molar-refractivity contribution in [3.05, 3.63) is 65.7 Å². The van der Waals surface area contributed by atoms with Gasteiger partial charge in [0.05, 0.1) is 24.6 Å². The fourth-order valence-corrected chi connectivity index (χ4v) is 4.58. The van der Waals surface area contributed by atoms with Gasteiger partial charge in [-0.05, 0) is 82.9 Å². The van der Waals surface area contributed by atoms with Crippen LogP contribution in [0.1, 0.15) is 84.4 Å². The molecule has 1 atom stereocenters. The van der Waals surface area contributed by atoms with Gasteiger partial charge in [-0.3, -0.25) is 9.69 Å². The second kappa shape index (κ2) is 11.9. The van der Waals surface area contributed by atoms with E-state index >= 15 is 0 Å². The van der Waals surface area contributed by atoms with Crippen molar-refractivity contribution in [2.75, 3.05) is 0 Å². The minimum Gasteiger partial charge on any atom is -0.487 e. The normalized spacial score (nSPS) is 19.4. The number of hydrogen-bond donors (Lipinski definition) is 3. The Bertz CT molecular complexity index is 1260. The van der Waals surface area contributed by atoms with E-state index in [9.17, 15) is 9.90 Å². The van der Waals surface area contributed by atoms with Crippen LogP contribution in [0, 0.1) is 0 Å². The van der Waals surface area contributed by atoms with E-state index in [1.807, 2.05) is 70.2 Å². The quantitative estimate of drug-likeness (QED) is 0.438. The second-order valence-corrected chi connectivity index (χ2v) is 12.1. The van der Waals surface area contributed by atoms with Crippen molar-refractivity contribution in [1.29, 1.82) is 0 Å². The SMILES string of the molecule is C=C(N)c1ccc(OC(C)(CC)CC)c(CN2C(=O)CC(C)(C)N=C2N)c1.CC1(C)Oc2ccccc2CC1O. The summed E-state index contributed by atoms with van der Waals surface area (Å²) in [6, 6.07) is 13.5. The lowest BCUT2D eigenvalue weighted by molar-refractivity contribution is -0.129. The molecule has 0 radical (unpaired) electrons. The van der Waals surface area contributed by atoms with Crippen molar-refractivity contribution < 1.29 is 19.4 Å². The molecule has 1 amide bonds. The van der Waals surface area contributed by atoms with Crippen LogP contribution < -0.4 is 20.9 Å². The lowest BCUT2D eigenvalue weighted by Crippen LogP contribution is -2.49. The first kappa shape index (κ1) is 31.0. The number of ether oxygens (including phenoxy) is 2. The van der Waals surface area contributed by atoms with Crippen molar-refractivity contribution >= 4 is 17.6 Å². The molecule has 2 aromatic rings. The molecule has 5 N–H and O–H groups in total. The Morgan fingerprint density at radius 2 is 1.85 bits per heavy atom. The van der Waals surface area contributed by atoms with Gasteiger partial charge >= 0.3 is 0 Å². The number of carbonyl (C=O) groups is 1. The number of hydrogen-bond acceptors (Lipinski definition) is 7. The zero-order chi connectivity index (χ0) is 29.9. The first-order valence-electron chi connectivity index (χ1n) is 14.0. The Morgan fingerprint density at radius 1 is 1.20 bits per heavy atom. The van der Waals surface area contributed by atoms with Crippen LogP contribution in [0.15, 0.2) is 54.0 Å². The van der Waals surface area contributed by atoms with Crippen molar-refractivity contribution in [3.8, 4) is 11.5 Å². The molecular formula is C32H46N4O4. The minimum absolute atomic E-state index is 0.0517. The molecule has 2 aliphatic heterocycles. The molecule has 8 nitrogen and oxygen atoms in total. The smallest absolute Gasteiger partial charge is 0.232 e. The second-order valence-electron chi connectivity index (χ2n) is 12.1. The molecule has 0 fully saturated rings. The molecule has 0 aliphatic carbocycles. The standard InChI is InChI=1S/C21H32N4O2.C11H14O2/c1-7-21(6,8-2)27-17-10-9-15(14(3)22)11-16(17)13-25-18(26)12-20(4,5)24-19(25)23;1-11(2)10(12)7-8-5-3-4-6-9(8)13-11/h9-11H,3,7-8,12-13,22H2,1-2,4-6H3,(H2,23,24);3-6,10,12H,7H2,1-2H3. The number of nitrogens with two attached hydrogens (primary N) is 2. The predicted molar refractivity (Wildman–Crippen MR) is 161 cm³/mol. The van der Waals surface area contributed by atoms with Gasteiger partial charge in [0.1, 0.15) is 22.7 Å². The Hall–Kier alpha value is -3.52. The van der Waals surface area contributed by atoms with Crippen molar-refractivity contribution in [2.24, 2.45) is 16.5 Å². The van der Waals surface area contributed by atoms with Crippen LogP contribution >= 0.6 is 0 Å². The Labute approximate surface area is 239 Å². The molecule has 218 valence electrons. The average Bonchev–Trinajstić information content (AvgIpc) is 2.87. The summed E-state index contributed by atoms with van der Waals surface area (Å²) in [5, 5.41) is 9.76. The monoisotopic (exact) mass is 550 g/mol. The number of aliphatic hydroxyl groups is 1. The molecule has 2 aromatic carbocycles. The van der Waals surface area contributed by atoms with E-state index in [2.05, 4.69) is 32.3 Å². The minimum atomic E-state index is -0.479. The first-order valence-corrected chi connectivity index (χ1v) is 14.0. The molecule has 0 bridgehead atoms. The molecule has 2 heterocycles. The highest BCUT2D eigenvalue weighted by molar-refractivity contribution is 5.99. The van der Waals surface area contributed by atoms with E-state index in [4.69, 9.17) is 20.9 Å². The van der Waals surface area contributed by atoms with E-state index in [-0.39, 0.29) is 24.0 Å². The highest BCUT2D eigenvalue weighted by Crippen LogP contribution is 2.33. The number of aliphatic imine (C=N–C) groups is 1. The molecule has 0 saturated carbocycles. The maximum absolute atomic E-state index is 12.6. The van der Waals surface area contributed by atoms with Gasteiger partial charge in [-0.2, -0.15) is 0 Å². The Kier molecular flexibility index (Phi) is 9.24. The van der Waals surface area contributed by atoms with Crippen LogP contribution in [0.2, 0.25) is 0 Å². The largest absolute Gasteiger partial charge is 0.487 e. The van der Waals surface area contributed by atoms with Crippen LogP contribution in [0.25, 0.3) is 5.70 Å². The number of carbonyl (C=O) groups excluding carboxylic acids is 1. The van der Waals surface area contributed by atoms with Crippen molar-refractivity contribution in [2.45, 2.75) is 104 Å². The molecule has 0 saturated heterocycles. The maximum atomic E-state index is 12.6. The number of guanidine groups is 1. The Balaban J connectivity index is 0.000000281. The zero-order valence-corrected chi connectivity index (χ0v) is 25.1. The number of rotatable bonds is 7. The van der Waals surface area contributed by atoms with Gasteiger partial charge in [-0.15, -0.1) is 0 Å². The van der Waals surface area contributed by atoms with E-state index in [0.717, 1.165) is 41.0 Å². The van der Waals surface area contributed by atoms with Crippen molar-refractivity contribution in [1.82, 2.24) is 4.90 Å². The zero-order valence-electron chi connectivity index (χ0n) is 25.1. The highest BCUT2D eigenvalue weighted by atomic mass is 16.5. The number of fused-ring (bicyclic) bond motifs is 1. The summed E-state index contributed by atoms with van der Waals surface area (Å²) in [6.45, 7) is 18.0. The van der Waals surface area contributed by atoms with Gasteiger partial charge in [0.15, 0.2) is 5.96 Å². The van der Waals surface area contributed by atoms with Gasteiger partial charge in [-0.25, -0.2) is 4.99 Å². The summed E-state index contributed by atoms with van der Waals surface area (Å²) >= 11 is 0. The lowest BCUT2D eigenvalue weighted by Gasteiger charge is -2.36. The highest BCUT2D eigenvalue weighted by Gasteiger charge is 2.35. The van der Waals surface area contributed by atoms with Crippen molar-refractivity contribution in [3.63, 3.8) is 0 Å². The van der Waals surface area contributed by atoms with Crippen LogP contribution in [0.4, 0.5) is 0 Å². The summed E-state index contributed by atoms with van der Waals surface area (Å²) in [5.74, 6) is 1.80. The molecule has 0 aromatic heterocycles. The topological polar surface area (TPSA) is 123 Å². The summed E-state index contributed by atoms with van der Waals surface area (Å²) in [6.07, 6.45) is 2.32. The number of benzene rings is 2. The van der Waals surface area contributed by atoms with Gasteiger partial charge < -0.3 is 26.0 Å². The molecule has 0 spiro atoms. The number of aliphatic hydroxyl groups excluding tert-OH is 1. The number of nitrogens with zero attached hydrogens (tertiary/aromatic N) is 2. The van der Waals surface area contributed by atoms with Gasteiger partial charge in [0.2, 0.25) is 5.91 Å². The number of para-hydroxylation sites is 1. The van der Waals surface area contributed by atoms with Gasteiger partial charge in [0, 0.05) is 17.7 Å². The predicted octanol–water partition coefficient (Wildman–Crippen LogP) is 5.16. The van der Waals surface area contributed by atoms with E-state index < -0.39 is 17.2 Å². The molecule has 8 heteroatoms. The maximum Gasteiger partial charge on any atom is 0.232 e. The number of amides is 1. The van der Waals surface area contributed by atoms with Crippen LogP contribution in [0.5, 0.6) is 11.5 Å². The average molecular weight is 551 g/mol. The lowest BCUT2D eigenvalue weighted by atomic mass is 9.91. The molecule has 40 heavy (non-hydrogen) atoms. The van der Waals surface area contributed by atoms with E-state index in [1.54, 1.807) is 0 Å². The van der Waals surface area contributed by atoms with E-state index in [0.29, 0.717) is 18.5 Å². The molecular weight excluding hydrogens is 504 g/mol. The summed E-state index contributed by atoms with van der Waals surface area (Å²) in [5.41, 5.74) is 13.9. The fraction of sp³-hybridized carbons (Fsp3) is 0.500. The van der Waals surface area contributed by atoms with Crippen LogP contribution in [-0.4, -0.2) is 44.7 Å². The van der Waals surface area contributed by atoms with E-state index in [1.165, 1.54) is 4.90 Å². The van der Waals surface area contributed by atoms with Gasteiger partial charge in [0.25, 0.3) is 0 Å². The summed E-state index contributed by atoms with van der Waals surface area (Å²) in [4.78, 5) is 18.6. The third-order valence-corrected chi connectivity index (χ3v) is 7.75. The molecule has 4 rings (SSSR count). The molecule has 1 unspecified atom stereocenters.